The fourth-order valence-electron chi connectivity index (χ4n) is 4.23. The van der Waals surface area contributed by atoms with Crippen LogP contribution in [0.2, 0.25) is 0 Å². The Morgan fingerprint density at radius 3 is 2.22 bits per heavy atom. The summed E-state index contributed by atoms with van der Waals surface area (Å²) in [5.41, 5.74) is 0.848. The molecule has 3 N–H and O–H groups in total. The largest absolute Gasteiger partial charge is 0.461 e. The zero-order valence-electron chi connectivity index (χ0n) is 17.2. The lowest BCUT2D eigenvalue weighted by molar-refractivity contribution is -0.124. The van der Waals surface area contributed by atoms with Crippen molar-refractivity contribution in [2.45, 2.75) is 41.9 Å². The topological polar surface area (TPSA) is 137 Å². The molecule has 1 aliphatic carbocycles. The fourth-order valence-corrected chi connectivity index (χ4v) is 6.66. The highest BCUT2D eigenvalue weighted by Crippen LogP contribution is 2.33. The van der Waals surface area contributed by atoms with E-state index in [2.05, 4.69) is 0 Å². The number of para-hydroxylation sites is 1. The molecule has 0 unspecified atom stereocenters. The third-order valence-corrected chi connectivity index (χ3v) is 8.37. The summed E-state index contributed by atoms with van der Waals surface area (Å²) in [6, 6.07) is 14.8. The standard InChI is InChI=1S/C22H24N2O6S2/c23-31(26,27)20-7-3-4-8-21(20)32(28,29)24-22(25)16-11-9-15(10-12-16)13-18-14-17-5-1-2-6-19(17)30-18/h1-8,14-16H,9-13H2,(H,24,25)(H2,23,26,27). The van der Waals surface area contributed by atoms with Gasteiger partial charge in [-0.05, 0) is 55.9 Å². The van der Waals surface area contributed by atoms with Gasteiger partial charge in [0.05, 0.1) is 0 Å². The van der Waals surface area contributed by atoms with Crippen LogP contribution in [0.1, 0.15) is 31.4 Å². The van der Waals surface area contributed by atoms with Gasteiger partial charge in [-0.2, -0.15) is 0 Å². The van der Waals surface area contributed by atoms with Crippen molar-refractivity contribution in [3.05, 3.63) is 60.4 Å². The molecule has 170 valence electrons. The van der Waals surface area contributed by atoms with Crippen LogP contribution in [0, 0.1) is 11.8 Å². The average Bonchev–Trinajstić information content (AvgIpc) is 3.15. The Labute approximate surface area is 186 Å². The summed E-state index contributed by atoms with van der Waals surface area (Å²) in [5, 5.41) is 6.17. The summed E-state index contributed by atoms with van der Waals surface area (Å²) >= 11 is 0. The van der Waals surface area contributed by atoms with Crippen molar-refractivity contribution in [2.75, 3.05) is 0 Å². The quantitative estimate of drug-likeness (QED) is 0.561. The summed E-state index contributed by atoms with van der Waals surface area (Å²) in [7, 11) is -8.64. The smallest absolute Gasteiger partial charge is 0.265 e. The molecule has 10 heteroatoms. The molecule has 1 aromatic heterocycles. The van der Waals surface area contributed by atoms with Crippen molar-refractivity contribution < 1.29 is 26.0 Å². The third kappa shape index (κ3) is 4.87. The first-order valence-corrected chi connectivity index (χ1v) is 13.3. The predicted octanol–water partition coefficient (Wildman–Crippen LogP) is 2.93. The molecule has 8 nitrogen and oxygen atoms in total. The molecule has 3 aromatic rings. The van der Waals surface area contributed by atoms with E-state index in [0.29, 0.717) is 18.8 Å². The van der Waals surface area contributed by atoms with E-state index in [-0.39, 0.29) is 0 Å². The zero-order valence-corrected chi connectivity index (χ0v) is 18.9. The van der Waals surface area contributed by atoms with Crippen molar-refractivity contribution in [2.24, 2.45) is 17.0 Å². The molecule has 0 atom stereocenters. The van der Waals surface area contributed by atoms with Crippen molar-refractivity contribution in [3.63, 3.8) is 0 Å². The van der Waals surface area contributed by atoms with Gasteiger partial charge in [-0.25, -0.2) is 26.7 Å². The molecule has 0 bridgehead atoms. The minimum absolute atomic E-state index is 0.347. The molecule has 2 aromatic carbocycles. The fraction of sp³-hybridized carbons (Fsp3) is 0.318. The maximum atomic E-state index is 12.7. The van der Waals surface area contributed by atoms with Crippen LogP contribution in [-0.2, 0) is 31.3 Å². The Balaban J connectivity index is 1.38. The maximum absolute atomic E-state index is 12.7. The van der Waals surface area contributed by atoms with Gasteiger partial charge < -0.3 is 4.42 Å². The van der Waals surface area contributed by atoms with E-state index < -0.39 is 41.7 Å². The number of benzene rings is 2. The van der Waals surface area contributed by atoms with Crippen molar-refractivity contribution in [1.82, 2.24) is 4.72 Å². The van der Waals surface area contributed by atoms with Gasteiger partial charge in [0, 0.05) is 17.7 Å². The molecule has 4 rings (SSSR count). The molecular weight excluding hydrogens is 452 g/mol. The number of primary sulfonamides is 1. The molecule has 0 saturated heterocycles. The monoisotopic (exact) mass is 476 g/mol. The Morgan fingerprint density at radius 2 is 1.56 bits per heavy atom. The second-order valence-electron chi connectivity index (χ2n) is 8.13. The number of nitrogens with one attached hydrogen (secondary N) is 1. The van der Waals surface area contributed by atoms with Crippen LogP contribution in [0.25, 0.3) is 11.0 Å². The maximum Gasteiger partial charge on any atom is 0.265 e. The number of carbonyl (C=O) groups excluding carboxylic acids is 1. The SMILES string of the molecule is NS(=O)(=O)c1ccccc1S(=O)(=O)NC(=O)C1CCC(Cc2cc3ccccc3o2)CC1. The number of hydrogen-bond acceptors (Lipinski definition) is 6. The molecule has 1 aliphatic rings. The van der Waals surface area contributed by atoms with E-state index >= 15 is 0 Å². The molecule has 0 aliphatic heterocycles. The van der Waals surface area contributed by atoms with E-state index in [1.165, 1.54) is 12.1 Å². The number of carbonyl (C=O) groups is 1. The Morgan fingerprint density at radius 1 is 0.938 bits per heavy atom. The van der Waals surface area contributed by atoms with Crippen molar-refractivity contribution >= 4 is 36.9 Å². The van der Waals surface area contributed by atoms with Crippen LogP contribution in [0.5, 0.6) is 0 Å². The molecule has 0 spiro atoms. The van der Waals surface area contributed by atoms with Gasteiger partial charge in [0.2, 0.25) is 15.9 Å². The summed E-state index contributed by atoms with van der Waals surface area (Å²) in [4.78, 5) is 11.6. The molecule has 1 saturated carbocycles. The molecule has 1 amide bonds. The Kier molecular flexibility index (Phi) is 6.11. The first-order chi connectivity index (χ1) is 15.1. The van der Waals surface area contributed by atoms with Gasteiger partial charge in [0.1, 0.15) is 21.1 Å². The van der Waals surface area contributed by atoms with Gasteiger partial charge in [-0.15, -0.1) is 0 Å². The second-order valence-corrected chi connectivity index (χ2v) is 11.3. The first kappa shape index (κ1) is 22.5. The number of nitrogens with two attached hydrogens (primary N) is 1. The van der Waals surface area contributed by atoms with E-state index in [9.17, 15) is 21.6 Å². The van der Waals surface area contributed by atoms with Crippen LogP contribution < -0.4 is 9.86 Å². The second kappa shape index (κ2) is 8.68. The van der Waals surface area contributed by atoms with E-state index in [1.807, 2.05) is 35.1 Å². The number of furan rings is 1. The van der Waals surface area contributed by atoms with Crippen LogP contribution in [0.15, 0.2) is 68.8 Å². The molecule has 32 heavy (non-hydrogen) atoms. The molecular formula is C22H24N2O6S2. The normalized spacial score (nSPS) is 19.7. The number of hydrogen-bond donors (Lipinski definition) is 2. The van der Waals surface area contributed by atoms with Crippen LogP contribution in [-0.4, -0.2) is 22.7 Å². The van der Waals surface area contributed by atoms with Gasteiger partial charge >= 0.3 is 0 Å². The van der Waals surface area contributed by atoms with E-state index in [0.717, 1.165) is 48.1 Å². The summed E-state index contributed by atoms with van der Waals surface area (Å²) in [6.07, 6.45) is 3.39. The highest BCUT2D eigenvalue weighted by Gasteiger charge is 2.31. The van der Waals surface area contributed by atoms with Crippen molar-refractivity contribution in [1.29, 1.82) is 0 Å². The van der Waals surface area contributed by atoms with Crippen LogP contribution in [0.4, 0.5) is 0 Å². The van der Waals surface area contributed by atoms with Crippen LogP contribution in [0.3, 0.4) is 0 Å². The van der Waals surface area contributed by atoms with Gasteiger partial charge in [-0.1, -0.05) is 30.3 Å². The Hall–Kier alpha value is -2.69. The number of fused-ring (bicyclic) bond motifs is 1. The minimum atomic E-state index is -4.37. The Bertz CT molecular complexity index is 1320. The van der Waals surface area contributed by atoms with E-state index in [1.54, 1.807) is 0 Å². The molecule has 1 heterocycles. The molecule has 1 fully saturated rings. The van der Waals surface area contributed by atoms with Gasteiger partial charge in [0.25, 0.3) is 10.0 Å². The van der Waals surface area contributed by atoms with Gasteiger partial charge in [0.15, 0.2) is 0 Å². The van der Waals surface area contributed by atoms with Crippen LogP contribution >= 0.6 is 0 Å². The highest BCUT2D eigenvalue weighted by atomic mass is 32.2. The number of sulfonamides is 2. The predicted molar refractivity (Wildman–Crippen MR) is 119 cm³/mol. The summed E-state index contributed by atoms with van der Waals surface area (Å²) in [6.45, 7) is 0. The minimum Gasteiger partial charge on any atom is -0.461 e. The van der Waals surface area contributed by atoms with Crippen molar-refractivity contribution in [3.8, 4) is 0 Å². The average molecular weight is 477 g/mol. The van der Waals surface area contributed by atoms with E-state index in [4.69, 9.17) is 9.56 Å². The lowest BCUT2D eigenvalue weighted by Gasteiger charge is -2.27. The zero-order chi connectivity index (χ0) is 22.9. The highest BCUT2D eigenvalue weighted by molar-refractivity contribution is 7.92. The lowest BCUT2D eigenvalue weighted by atomic mass is 9.80. The third-order valence-electron chi connectivity index (χ3n) is 5.86. The van der Waals surface area contributed by atoms with Gasteiger partial charge in [-0.3, -0.25) is 4.79 Å². The summed E-state index contributed by atoms with van der Waals surface area (Å²) < 4.78 is 56.7. The molecule has 0 radical (unpaired) electrons. The summed E-state index contributed by atoms with van der Waals surface area (Å²) in [5.74, 6) is 0.162. The first-order valence-electron chi connectivity index (χ1n) is 10.3. The number of rotatable bonds is 6. The lowest BCUT2D eigenvalue weighted by Crippen LogP contribution is -2.38. The number of amides is 1.